The predicted octanol–water partition coefficient (Wildman–Crippen LogP) is 2.40. The molecule has 0 saturated carbocycles. The monoisotopic (exact) mass is 283 g/mol. The van der Waals surface area contributed by atoms with E-state index in [0.29, 0.717) is 17.9 Å². The zero-order valence-electron chi connectivity index (χ0n) is 10.5. The van der Waals surface area contributed by atoms with Crippen molar-refractivity contribution in [3.8, 4) is 0 Å². The van der Waals surface area contributed by atoms with Gasteiger partial charge >= 0.3 is 6.18 Å². The maximum Gasteiger partial charge on any atom is 0.416 e. The summed E-state index contributed by atoms with van der Waals surface area (Å²) in [5.41, 5.74) is 1.39. The van der Waals surface area contributed by atoms with Gasteiger partial charge in [-0.1, -0.05) is 12.1 Å². The van der Waals surface area contributed by atoms with Gasteiger partial charge in [0.1, 0.15) is 5.82 Å². The van der Waals surface area contributed by atoms with Gasteiger partial charge in [0.25, 0.3) is 0 Å². The third-order valence-corrected chi connectivity index (χ3v) is 3.19. The first-order chi connectivity index (χ1) is 9.54. The molecule has 1 aromatic heterocycles. The minimum atomic E-state index is -4.36. The number of hydrogen-bond acceptors (Lipinski definition) is 4. The number of aromatic nitrogens is 2. The Morgan fingerprint density at radius 2 is 1.95 bits per heavy atom. The fourth-order valence-corrected chi connectivity index (χ4v) is 2.16. The summed E-state index contributed by atoms with van der Waals surface area (Å²) < 4.78 is 42.9. The van der Waals surface area contributed by atoms with Gasteiger partial charge in [0.2, 0.25) is 0 Å². The Labute approximate surface area is 113 Å². The van der Waals surface area contributed by atoms with E-state index in [1.165, 1.54) is 6.20 Å². The van der Waals surface area contributed by atoms with E-state index in [1.54, 1.807) is 11.0 Å². The van der Waals surface area contributed by atoms with Gasteiger partial charge in [-0.15, -0.1) is 0 Å². The van der Waals surface area contributed by atoms with Gasteiger partial charge in [-0.3, -0.25) is 4.98 Å². The first-order valence-corrected chi connectivity index (χ1v) is 6.19. The number of alkyl halides is 3. The minimum Gasteiger partial charge on any atom is -0.365 e. The molecule has 1 aliphatic rings. The van der Waals surface area contributed by atoms with Crippen LogP contribution in [0.3, 0.4) is 0 Å². The molecule has 1 aliphatic heterocycles. The Bertz CT molecular complexity index is 617. The van der Waals surface area contributed by atoms with E-state index in [9.17, 15) is 13.2 Å². The zero-order chi connectivity index (χ0) is 14.2. The van der Waals surface area contributed by atoms with Crippen molar-refractivity contribution in [1.82, 2.24) is 9.97 Å². The highest BCUT2D eigenvalue weighted by molar-refractivity contribution is 5.75. The number of hydrogen-bond donors (Lipinski definition) is 0. The molecule has 20 heavy (non-hydrogen) atoms. The summed E-state index contributed by atoms with van der Waals surface area (Å²) in [4.78, 5) is 10.1. The molecule has 3 rings (SSSR count). The topological polar surface area (TPSA) is 38.2 Å². The second-order valence-electron chi connectivity index (χ2n) is 4.56. The molecule has 1 saturated heterocycles. The average molecular weight is 283 g/mol. The molecule has 0 radical (unpaired) electrons. The highest BCUT2D eigenvalue weighted by atomic mass is 19.4. The molecular weight excluding hydrogens is 271 g/mol. The Hall–Kier alpha value is -1.89. The summed E-state index contributed by atoms with van der Waals surface area (Å²) >= 11 is 0. The van der Waals surface area contributed by atoms with Gasteiger partial charge in [0, 0.05) is 6.54 Å². The van der Waals surface area contributed by atoms with E-state index in [2.05, 4.69) is 9.97 Å². The molecule has 0 bridgehead atoms. The summed E-state index contributed by atoms with van der Waals surface area (Å²) in [7, 11) is 0. The van der Waals surface area contributed by atoms with Crippen LogP contribution in [0.5, 0.6) is 0 Å². The largest absolute Gasteiger partial charge is 0.416 e. The molecule has 1 atom stereocenters. The minimum absolute atomic E-state index is 0.0265. The Kier molecular flexibility index (Phi) is 3.21. The molecular formula is C13H12F3N3O. The number of morpholine rings is 1. The highest BCUT2D eigenvalue weighted by Gasteiger charge is 2.43. The molecule has 0 N–H and O–H groups in total. The lowest BCUT2D eigenvalue weighted by atomic mass is 10.2. The Morgan fingerprint density at radius 3 is 2.70 bits per heavy atom. The highest BCUT2D eigenvalue weighted by Crippen LogP contribution is 2.27. The molecule has 2 heterocycles. The predicted molar refractivity (Wildman–Crippen MR) is 67.5 cm³/mol. The van der Waals surface area contributed by atoms with Crippen LogP contribution in [-0.4, -0.2) is 41.9 Å². The van der Waals surface area contributed by atoms with E-state index in [-0.39, 0.29) is 13.2 Å². The number of fused-ring (bicyclic) bond motifs is 1. The number of benzene rings is 1. The first-order valence-electron chi connectivity index (χ1n) is 6.19. The number of ether oxygens (including phenoxy) is 1. The molecule has 7 heteroatoms. The van der Waals surface area contributed by atoms with Crippen LogP contribution in [0, 0.1) is 0 Å². The van der Waals surface area contributed by atoms with E-state index >= 15 is 0 Å². The van der Waals surface area contributed by atoms with Crippen molar-refractivity contribution < 1.29 is 17.9 Å². The van der Waals surface area contributed by atoms with Crippen LogP contribution in [0.25, 0.3) is 11.0 Å². The maximum atomic E-state index is 12.7. The normalized spacial score (nSPS) is 20.4. The van der Waals surface area contributed by atoms with Crippen molar-refractivity contribution >= 4 is 16.9 Å². The molecule has 0 unspecified atom stereocenters. The molecule has 0 spiro atoms. The molecule has 0 aliphatic carbocycles. The van der Waals surface area contributed by atoms with Crippen LogP contribution in [0.1, 0.15) is 0 Å². The van der Waals surface area contributed by atoms with E-state index in [0.717, 1.165) is 5.52 Å². The summed E-state index contributed by atoms with van der Waals surface area (Å²) in [6, 6.07) is 7.25. The molecule has 106 valence electrons. The second-order valence-corrected chi connectivity index (χ2v) is 4.56. The van der Waals surface area contributed by atoms with Gasteiger partial charge in [0.15, 0.2) is 6.10 Å². The maximum absolute atomic E-state index is 12.7. The third kappa shape index (κ3) is 2.53. The molecule has 1 fully saturated rings. The fraction of sp³-hybridized carbons (Fsp3) is 0.385. The standard InChI is InChI=1S/C13H12F3N3O/c14-13(15,16)11-8-19(5-6-20-11)12-7-17-9-3-1-2-4-10(9)18-12/h1-4,7,11H,5-6,8H2/t11-/m1/s1. The molecule has 2 aromatic rings. The Morgan fingerprint density at radius 1 is 1.20 bits per heavy atom. The van der Waals surface area contributed by atoms with Crippen LogP contribution in [0.2, 0.25) is 0 Å². The SMILES string of the molecule is FC(F)(F)[C@H]1CN(c2cnc3ccccc3n2)CCO1. The second kappa shape index (κ2) is 4.90. The summed E-state index contributed by atoms with van der Waals surface area (Å²) in [6.07, 6.45) is -4.63. The quantitative estimate of drug-likeness (QED) is 0.805. The van der Waals surface area contributed by atoms with Crippen molar-refractivity contribution in [3.63, 3.8) is 0 Å². The summed E-state index contributed by atoms with van der Waals surface area (Å²) in [5, 5.41) is 0. The first kappa shape index (κ1) is 13.1. The van der Waals surface area contributed by atoms with Gasteiger partial charge in [-0.2, -0.15) is 13.2 Å². The molecule has 0 amide bonds. The Balaban J connectivity index is 1.87. The summed E-state index contributed by atoms with van der Waals surface area (Å²) in [6.45, 7) is 0.148. The van der Waals surface area contributed by atoms with E-state index in [4.69, 9.17) is 4.74 Å². The van der Waals surface area contributed by atoms with E-state index < -0.39 is 12.3 Å². The molecule has 4 nitrogen and oxygen atoms in total. The lowest BCUT2D eigenvalue weighted by molar-refractivity contribution is -0.221. The van der Waals surface area contributed by atoms with Crippen LogP contribution in [-0.2, 0) is 4.74 Å². The van der Waals surface area contributed by atoms with Crippen molar-refractivity contribution in [2.45, 2.75) is 12.3 Å². The van der Waals surface area contributed by atoms with Crippen molar-refractivity contribution in [2.75, 3.05) is 24.6 Å². The summed E-state index contributed by atoms with van der Waals surface area (Å²) in [5.74, 6) is 0.446. The smallest absolute Gasteiger partial charge is 0.365 e. The van der Waals surface area contributed by atoms with Crippen molar-refractivity contribution in [2.24, 2.45) is 0 Å². The lowest BCUT2D eigenvalue weighted by Crippen LogP contribution is -2.49. The van der Waals surface area contributed by atoms with E-state index in [1.807, 2.05) is 18.2 Å². The van der Waals surface area contributed by atoms with Crippen molar-refractivity contribution in [3.05, 3.63) is 30.5 Å². The number of para-hydroxylation sites is 2. The van der Waals surface area contributed by atoms with Crippen LogP contribution in [0.15, 0.2) is 30.5 Å². The van der Waals surface area contributed by atoms with Crippen LogP contribution >= 0.6 is 0 Å². The number of anilines is 1. The van der Waals surface area contributed by atoms with Crippen LogP contribution in [0.4, 0.5) is 19.0 Å². The van der Waals surface area contributed by atoms with Crippen LogP contribution < -0.4 is 4.90 Å². The number of halogens is 3. The average Bonchev–Trinajstić information content (AvgIpc) is 2.46. The lowest BCUT2D eigenvalue weighted by Gasteiger charge is -2.34. The van der Waals surface area contributed by atoms with Gasteiger partial charge in [0.05, 0.1) is 30.4 Å². The zero-order valence-corrected chi connectivity index (χ0v) is 10.5. The number of nitrogens with zero attached hydrogens (tertiary/aromatic N) is 3. The molecule has 1 aromatic carbocycles. The van der Waals surface area contributed by atoms with Gasteiger partial charge < -0.3 is 9.64 Å². The van der Waals surface area contributed by atoms with Gasteiger partial charge in [-0.25, -0.2) is 4.98 Å². The fourth-order valence-electron chi connectivity index (χ4n) is 2.16. The van der Waals surface area contributed by atoms with Crippen molar-refractivity contribution in [1.29, 1.82) is 0 Å². The third-order valence-electron chi connectivity index (χ3n) is 3.19. The van der Waals surface area contributed by atoms with Gasteiger partial charge in [-0.05, 0) is 12.1 Å². The number of rotatable bonds is 1.